The molecular formula is C23H30O7. The number of rotatable bonds is 11. The predicted octanol–water partition coefficient (Wildman–Crippen LogP) is 4.57. The van der Waals surface area contributed by atoms with Crippen LogP contribution in [0.25, 0.3) is 0 Å². The zero-order chi connectivity index (χ0) is 22.1. The van der Waals surface area contributed by atoms with Crippen molar-refractivity contribution < 1.29 is 33.2 Å². The van der Waals surface area contributed by atoms with Crippen LogP contribution in [0.1, 0.15) is 42.3 Å². The van der Waals surface area contributed by atoms with Gasteiger partial charge in [-0.2, -0.15) is 0 Å². The molecule has 0 saturated carbocycles. The molecule has 164 valence electrons. The Morgan fingerprint density at radius 2 is 1.30 bits per heavy atom. The lowest BCUT2D eigenvalue weighted by molar-refractivity contribution is 0.0470. The van der Waals surface area contributed by atoms with Gasteiger partial charge in [-0.3, -0.25) is 0 Å². The molecule has 0 bridgehead atoms. The van der Waals surface area contributed by atoms with Gasteiger partial charge in [-0.25, -0.2) is 4.79 Å². The highest BCUT2D eigenvalue weighted by atomic mass is 16.5. The number of carbonyl (C=O) groups excluding carboxylic acids is 1. The van der Waals surface area contributed by atoms with E-state index < -0.39 is 5.97 Å². The number of ether oxygens (including phenoxy) is 6. The highest BCUT2D eigenvalue weighted by Crippen LogP contribution is 2.39. The van der Waals surface area contributed by atoms with Crippen LogP contribution in [0.5, 0.6) is 28.7 Å². The molecule has 0 fully saturated rings. The van der Waals surface area contributed by atoms with Gasteiger partial charge in [0.1, 0.15) is 6.61 Å². The molecule has 0 aromatic heterocycles. The summed E-state index contributed by atoms with van der Waals surface area (Å²) in [5.41, 5.74) is 2.07. The molecule has 0 atom stereocenters. The minimum atomic E-state index is -0.492. The Balaban J connectivity index is 2.28. The Hall–Kier alpha value is -3.09. The molecule has 7 nitrogen and oxygen atoms in total. The van der Waals surface area contributed by atoms with Gasteiger partial charge in [-0.05, 0) is 63.1 Å². The van der Waals surface area contributed by atoms with Crippen LogP contribution < -0.4 is 23.7 Å². The van der Waals surface area contributed by atoms with E-state index in [0.717, 1.165) is 11.1 Å². The summed E-state index contributed by atoms with van der Waals surface area (Å²) in [6.07, 6.45) is 0. The lowest BCUT2D eigenvalue weighted by Gasteiger charge is -2.17. The molecule has 0 aliphatic heterocycles. The number of hydrogen-bond donors (Lipinski definition) is 0. The summed E-state index contributed by atoms with van der Waals surface area (Å²) < 4.78 is 33.2. The molecule has 2 rings (SSSR count). The molecule has 30 heavy (non-hydrogen) atoms. The fourth-order valence-electron chi connectivity index (χ4n) is 2.91. The molecular weight excluding hydrogens is 388 g/mol. The van der Waals surface area contributed by atoms with Gasteiger partial charge in [0, 0.05) is 0 Å². The second kappa shape index (κ2) is 11.2. The first-order chi connectivity index (χ1) is 14.5. The quantitative estimate of drug-likeness (QED) is 0.495. The van der Waals surface area contributed by atoms with E-state index in [1.807, 2.05) is 33.8 Å². The first-order valence-corrected chi connectivity index (χ1v) is 9.93. The monoisotopic (exact) mass is 418 g/mol. The van der Waals surface area contributed by atoms with Crippen molar-refractivity contribution in [3.05, 3.63) is 41.0 Å². The van der Waals surface area contributed by atoms with E-state index in [1.165, 1.54) is 0 Å². The first-order valence-electron chi connectivity index (χ1n) is 9.93. The molecule has 0 unspecified atom stereocenters. The molecule has 2 aromatic carbocycles. The number of methoxy groups -OCH3 is 2. The minimum absolute atomic E-state index is 0.0895. The van der Waals surface area contributed by atoms with Crippen LogP contribution in [-0.2, 0) is 11.3 Å². The van der Waals surface area contributed by atoms with Crippen LogP contribution in [0.2, 0.25) is 0 Å². The SMILES string of the molecule is CCOc1cc(C(=O)OCc2cc(OC)c(OC)cc2C)cc(OCC)c1OCC. The Labute approximate surface area is 177 Å². The zero-order valence-corrected chi connectivity index (χ0v) is 18.5. The summed E-state index contributed by atoms with van der Waals surface area (Å²) in [5, 5.41) is 0. The van der Waals surface area contributed by atoms with Gasteiger partial charge in [-0.15, -0.1) is 0 Å². The van der Waals surface area contributed by atoms with E-state index in [4.69, 9.17) is 28.4 Å². The maximum Gasteiger partial charge on any atom is 0.338 e. The van der Waals surface area contributed by atoms with E-state index in [0.29, 0.717) is 54.1 Å². The first kappa shape index (κ1) is 23.2. The Morgan fingerprint density at radius 3 is 1.80 bits per heavy atom. The Bertz CT molecular complexity index is 834. The van der Waals surface area contributed by atoms with Gasteiger partial charge in [0.25, 0.3) is 0 Å². The van der Waals surface area contributed by atoms with E-state index >= 15 is 0 Å². The van der Waals surface area contributed by atoms with Gasteiger partial charge in [0.2, 0.25) is 5.75 Å². The highest BCUT2D eigenvalue weighted by Gasteiger charge is 2.20. The third-order valence-corrected chi connectivity index (χ3v) is 4.35. The molecule has 0 heterocycles. The second-order valence-corrected chi connectivity index (χ2v) is 6.31. The molecule has 0 amide bonds. The third-order valence-electron chi connectivity index (χ3n) is 4.35. The summed E-state index contributed by atoms with van der Waals surface area (Å²) in [7, 11) is 3.14. The van der Waals surface area contributed by atoms with Gasteiger partial charge in [0.15, 0.2) is 23.0 Å². The molecule has 0 aliphatic carbocycles. The predicted molar refractivity (Wildman–Crippen MR) is 113 cm³/mol. The summed E-state index contributed by atoms with van der Waals surface area (Å²) in [4.78, 5) is 12.8. The van der Waals surface area contributed by atoms with Crippen molar-refractivity contribution in [1.82, 2.24) is 0 Å². The number of benzene rings is 2. The molecule has 0 spiro atoms. The normalized spacial score (nSPS) is 10.3. The van der Waals surface area contributed by atoms with Crippen molar-refractivity contribution >= 4 is 5.97 Å². The van der Waals surface area contributed by atoms with Crippen molar-refractivity contribution in [2.45, 2.75) is 34.3 Å². The van der Waals surface area contributed by atoms with Crippen molar-refractivity contribution in [3.8, 4) is 28.7 Å². The lowest BCUT2D eigenvalue weighted by atomic mass is 10.1. The molecule has 7 heteroatoms. The molecule has 0 saturated heterocycles. The number of esters is 1. The highest BCUT2D eigenvalue weighted by molar-refractivity contribution is 5.91. The second-order valence-electron chi connectivity index (χ2n) is 6.31. The fraction of sp³-hybridized carbons (Fsp3) is 0.435. The third kappa shape index (κ3) is 5.49. The van der Waals surface area contributed by atoms with E-state index in [9.17, 15) is 4.79 Å². The van der Waals surface area contributed by atoms with Gasteiger partial charge in [-0.1, -0.05) is 0 Å². The number of hydrogen-bond acceptors (Lipinski definition) is 7. The summed E-state index contributed by atoms with van der Waals surface area (Å²) in [6, 6.07) is 6.87. The van der Waals surface area contributed by atoms with Crippen molar-refractivity contribution in [3.63, 3.8) is 0 Å². The van der Waals surface area contributed by atoms with E-state index in [-0.39, 0.29) is 6.61 Å². The van der Waals surface area contributed by atoms with Crippen LogP contribution in [-0.4, -0.2) is 40.0 Å². The van der Waals surface area contributed by atoms with Crippen LogP contribution in [0.4, 0.5) is 0 Å². The largest absolute Gasteiger partial charge is 0.493 e. The van der Waals surface area contributed by atoms with Crippen LogP contribution >= 0.6 is 0 Å². The summed E-state index contributed by atoms with van der Waals surface area (Å²) in [5.74, 6) is 2.08. The van der Waals surface area contributed by atoms with Crippen LogP contribution in [0.15, 0.2) is 24.3 Å². The average molecular weight is 418 g/mol. The lowest BCUT2D eigenvalue weighted by Crippen LogP contribution is -2.09. The van der Waals surface area contributed by atoms with Gasteiger partial charge >= 0.3 is 5.97 Å². The summed E-state index contributed by atoms with van der Waals surface area (Å²) >= 11 is 0. The smallest absolute Gasteiger partial charge is 0.338 e. The maximum absolute atomic E-state index is 12.8. The molecule has 2 aromatic rings. The average Bonchev–Trinajstić information content (AvgIpc) is 2.74. The molecule has 0 N–H and O–H groups in total. The standard InChI is InChI=1S/C23H30O7/c1-7-27-20-11-16(12-21(28-8-2)22(20)29-9-3)23(24)30-14-17-13-19(26-6)18(25-5)10-15(17)4/h10-13H,7-9,14H2,1-6H3. The van der Waals surface area contributed by atoms with Crippen LogP contribution in [0, 0.1) is 6.92 Å². The van der Waals surface area contributed by atoms with Crippen molar-refractivity contribution in [1.29, 1.82) is 0 Å². The Morgan fingerprint density at radius 1 is 0.767 bits per heavy atom. The topological polar surface area (TPSA) is 72.5 Å². The number of aryl methyl sites for hydroxylation is 1. The Kier molecular flexibility index (Phi) is 8.65. The number of carbonyl (C=O) groups is 1. The van der Waals surface area contributed by atoms with E-state index in [1.54, 1.807) is 32.4 Å². The molecule has 0 radical (unpaired) electrons. The van der Waals surface area contributed by atoms with Gasteiger partial charge < -0.3 is 28.4 Å². The fourth-order valence-corrected chi connectivity index (χ4v) is 2.91. The van der Waals surface area contributed by atoms with Crippen molar-refractivity contribution in [2.24, 2.45) is 0 Å². The van der Waals surface area contributed by atoms with E-state index in [2.05, 4.69) is 0 Å². The maximum atomic E-state index is 12.8. The molecule has 0 aliphatic rings. The zero-order valence-electron chi connectivity index (χ0n) is 18.5. The summed E-state index contributed by atoms with van der Waals surface area (Å²) in [6.45, 7) is 8.90. The van der Waals surface area contributed by atoms with Crippen molar-refractivity contribution in [2.75, 3.05) is 34.0 Å². The van der Waals surface area contributed by atoms with Crippen LogP contribution in [0.3, 0.4) is 0 Å². The minimum Gasteiger partial charge on any atom is -0.493 e. The van der Waals surface area contributed by atoms with Gasteiger partial charge in [0.05, 0.1) is 39.6 Å².